The summed E-state index contributed by atoms with van der Waals surface area (Å²) in [6.07, 6.45) is 17.4. The van der Waals surface area contributed by atoms with Gasteiger partial charge in [-0.05, 0) is 141 Å². The summed E-state index contributed by atoms with van der Waals surface area (Å²) in [5.41, 5.74) is 3.64. The Kier molecular flexibility index (Phi) is 4.99. The third-order valence-corrected chi connectivity index (χ3v) is 12.9. The van der Waals surface area contributed by atoms with Crippen molar-refractivity contribution in [3.63, 3.8) is 0 Å². The Morgan fingerprint density at radius 3 is 1.60 bits per heavy atom. The number of fused-ring (bicyclic) bond motifs is 1. The highest BCUT2D eigenvalue weighted by Crippen LogP contribution is 2.66. The van der Waals surface area contributed by atoms with E-state index < -0.39 is 0 Å². The topological polar surface area (TPSA) is 43.5 Å². The van der Waals surface area contributed by atoms with Gasteiger partial charge in [0.15, 0.2) is 0 Å². The van der Waals surface area contributed by atoms with E-state index in [0.717, 1.165) is 54.5 Å². The van der Waals surface area contributed by atoms with Crippen LogP contribution in [0.25, 0.3) is 10.8 Å². The Labute approximate surface area is 238 Å². The summed E-state index contributed by atoms with van der Waals surface area (Å²) >= 11 is 0. The lowest BCUT2D eigenvalue weighted by atomic mass is 9.46. The van der Waals surface area contributed by atoms with Gasteiger partial charge in [-0.3, -0.25) is 0 Å². The van der Waals surface area contributed by atoms with Gasteiger partial charge in [-0.2, -0.15) is 0 Å². The minimum Gasteiger partial charge on any atom is -0.490 e. The Hall–Kier alpha value is -1.78. The van der Waals surface area contributed by atoms with E-state index >= 15 is 0 Å². The smallest absolute Gasteiger partial charge is 0.127 e. The first kappa shape index (κ1) is 23.7. The predicted molar refractivity (Wildman–Crippen MR) is 154 cm³/mol. The van der Waals surface area contributed by atoms with Crippen molar-refractivity contribution >= 4 is 10.8 Å². The lowest BCUT2D eigenvalue weighted by Gasteiger charge is -2.58. The minimum atomic E-state index is 0.255. The standard InChI is InChI=1S/C36H44O4/c1-2-29-33(31(3-1)39-19-27-17-37-27)30(35-11-21-4-22(12-35)6-23(5-21)13-35)10-32(40-20-28-18-38-28)34(29)36-14-24-7-25(15-36)9-26(8-24)16-36/h1-3,10,21-28H,4-9,11-20H2. The van der Waals surface area contributed by atoms with E-state index in [1.165, 1.54) is 93.6 Å². The van der Waals surface area contributed by atoms with E-state index in [4.69, 9.17) is 18.9 Å². The molecule has 2 aliphatic heterocycles. The van der Waals surface area contributed by atoms with Gasteiger partial charge >= 0.3 is 0 Å². The van der Waals surface area contributed by atoms with E-state index in [-0.39, 0.29) is 23.0 Å². The molecule has 2 unspecified atom stereocenters. The summed E-state index contributed by atoms with van der Waals surface area (Å²) in [5, 5.41) is 2.89. The molecule has 8 aliphatic carbocycles. The number of benzene rings is 2. The zero-order chi connectivity index (χ0) is 26.1. The lowest BCUT2D eigenvalue weighted by Crippen LogP contribution is -2.49. The third-order valence-electron chi connectivity index (χ3n) is 12.9. The Bertz CT molecular complexity index is 1280. The van der Waals surface area contributed by atoms with Crippen LogP contribution in [0, 0.1) is 35.5 Å². The molecule has 8 saturated carbocycles. The molecule has 2 atom stereocenters. The van der Waals surface area contributed by atoms with Crippen LogP contribution in [-0.4, -0.2) is 38.6 Å². The van der Waals surface area contributed by atoms with E-state index in [0.29, 0.717) is 13.2 Å². The van der Waals surface area contributed by atoms with Crippen LogP contribution in [-0.2, 0) is 20.3 Å². The Morgan fingerprint density at radius 1 is 0.625 bits per heavy atom. The van der Waals surface area contributed by atoms with Crippen LogP contribution < -0.4 is 9.47 Å². The summed E-state index contributed by atoms with van der Waals surface area (Å²) in [7, 11) is 0. The summed E-state index contributed by atoms with van der Waals surface area (Å²) in [4.78, 5) is 0. The highest BCUT2D eigenvalue weighted by atomic mass is 16.6. The molecule has 0 radical (unpaired) electrons. The monoisotopic (exact) mass is 540 g/mol. The van der Waals surface area contributed by atoms with Crippen molar-refractivity contribution < 1.29 is 18.9 Å². The number of hydrogen-bond donors (Lipinski definition) is 0. The first-order valence-electron chi connectivity index (χ1n) is 16.7. The van der Waals surface area contributed by atoms with Crippen molar-refractivity contribution in [2.75, 3.05) is 26.4 Å². The van der Waals surface area contributed by atoms with Crippen LogP contribution in [0.5, 0.6) is 11.5 Å². The fourth-order valence-electron chi connectivity index (χ4n) is 12.2. The normalized spacial score (nSPS) is 45.3. The van der Waals surface area contributed by atoms with Gasteiger partial charge in [0.1, 0.15) is 36.9 Å². The molecular formula is C36H44O4. The first-order valence-corrected chi connectivity index (χ1v) is 16.7. The molecule has 0 amide bonds. The average Bonchev–Trinajstić information content (AvgIpc) is 3.84. The van der Waals surface area contributed by atoms with Crippen LogP contribution >= 0.6 is 0 Å². The zero-order valence-electron chi connectivity index (χ0n) is 23.9. The van der Waals surface area contributed by atoms with E-state index in [2.05, 4.69) is 24.3 Å². The molecule has 4 heteroatoms. The third kappa shape index (κ3) is 3.70. The Morgan fingerprint density at radius 2 is 1.10 bits per heavy atom. The molecule has 0 spiro atoms. The van der Waals surface area contributed by atoms with Crippen LogP contribution in [0.1, 0.15) is 88.2 Å². The fourth-order valence-corrected chi connectivity index (χ4v) is 12.2. The molecule has 12 rings (SSSR count). The molecular weight excluding hydrogens is 496 g/mol. The highest BCUT2D eigenvalue weighted by molar-refractivity contribution is 5.97. The van der Waals surface area contributed by atoms with Crippen molar-refractivity contribution in [1.82, 2.24) is 0 Å². The second kappa shape index (κ2) is 8.40. The van der Waals surface area contributed by atoms with Gasteiger partial charge in [-0.25, -0.2) is 0 Å². The molecule has 2 aromatic rings. The largest absolute Gasteiger partial charge is 0.490 e. The minimum absolute atomic E-state index is 0.255. The molecule has 40 heavy (non-hydrogen) atoms. The second-order valence-corrected chi connectivity index (χ2v) is 15.9. The molecule has 212 valence electrons. The van der Waals surface area contributed by atoms with E-state index in [9.17, 15) is 0 Å². The SMILES string of the molecule is c1cc(OCC2CO2)c2c(C34CC5CC(CC(C5)C3)C4)cc(OCC3CO3)c(C34CC5CC(CC(C5)C3)C4)c2c1. The summed E-state index contributed by atoms with van der Waals surface area (Å²) in [6, 6.07) is 9.57. The van der Waals surface area contributed by atoms with Gasteiger partial charge in [0.25, 0.3) is 0 Å². The van der Waals surface area contributed by atoms with Crippen molar-refractivity contribution in [1.29, 1.82) is 0 Å². The molecule has 0 N–H and O–H groups in total. The van der Waals surface area contributed by atoms with Crippen molar-refractivity contribution in [3.8, 4) is 11.5 Å². The molecule has 10 aliphatic rings. The number of rotatable bonds is 8. The molecule has 2 saturated heterocycles. The van der Waals surface area contributed by atoms with Crippen molar-refractivity contribution in [2.45, 2.75) is 100 Å². The molecule has 10 fully saturated rings. The quantitative estimate of drug-likeness (QED) is 0.329. The van der Waals surface area contributed by atoms with Gasteiger partial charge in [-0.1, -0.05) is 12.1 Å². The first-order chi connectivity index (χ1) is 19.6. The summed E-state index contributed by atoms with van der Waals surface area (Å²) < 4.78 is 24.9. The van der Waals surface area contributed by atoms with E-state index in [1.807, 2.05) is 0 Å². The predicted octanol–water partition coefficient (Wildman–Crippen LogP) is 7.33. The maximum absolute atomic E-state index is 6.92. The van der Waals surface area contributed by atoms with Crippen LogP contribution in [0.15, 0.2) is 24.3 Å². The Balaban J connectivity index is 1.20. The van der Waals surface area contributed by atoms with Gasteiger partial charge in [-0.15, -0.1) is 0 Å². The van der Waals surface area contributed by atoms with E-state index in [1.54, 1.807) is 11.1 Å². The maximum atomic E-state index is 6.92. The van der Waals surface area contributed by atoms with Crippen molar-refractivity contribution in [2.24, 2.45) is 35.5 Å². The molecule has 8 bridgehead atoms. The number of hydrogen-bond acceptors (Lipinski definition) is 4. The molecule has 0 aromatic heterocycles. The second-order valence-electron chi connectivity index (χ2n) is 15.9. The lowest BCUT2D eigenvalue weighted by molar-refractivity contribution is -0.00701. The van der Waals surface area contributed by atoms with Crippen LogP contribution in [0.3, 0.4) is 0 Å². The number of ether oxygens (including phenoxy) is 4. The average molecular weight is 541 g/mol. The highest BCUT2D eigenvalue weighted by Gasteiger charge is 2.55. The molecule has 2 heterocycles. The van der Waals surface area contributed by atoms with Crippen LogP contribution in [0.4, 0.5) is 0 Å². The summed E-state index contributed by atoms with van der Waals surface area (Å²) in [6.45, 7) is 3.06. The fraction of sp³-hybridized carbons (Fsp3) is 0.722. The van der Waals surface area contributed by atoms with Crippen LogP contribution in [0.2, 0.25) is 0 Å². The summed E-state index contributed by atoms with van der Waals surface area (Å²) in [5.74, 6) is 7.71. The molecule has 4 nitrogen and oxygen atoms in total. The van der Waals surface area contributed by atoms with Crippen molar-refractivity contribution in [3.05, 3.63) is 35.4 Å². The maximum Gasteiger partial charge on any atom is 0.127 e. The zero-order valence-corrected chi connectivity index (χ0v) is 23.9. The van der Waals surface area contributed by atoms with Gasteiger partial charge in [0.05, 0.1) is 13.2 Å². The van der Waals surface area contributed by atoms with Gasteiger partial charge < -0.3 is 18.9 Å². The van der Waals surface area contributed by atoms with Gasteiger partial charge in [0.2, 0.25) is 0 Å². The number of epoxide rings is 2. The molecule has 2 aromatic carbocycles. The van der Waals surface area contributed by atoms with Gasteiger partial charge in [0, 0.05) is 16.4 Å².